The summed E-state index contributed by atoms with van der Waals surface area (Å²) in [6, 6.07) is 12.6. The Bertz CT molecular complexity index is 609. The highest BCUT2D eigenvalue weighted by Crippen LogP contribution is 2.32. The Morgan fingerprint density at radius 2 is 2.00 bits per heavy atom. The van der Waals surface area contributed by atoms with Gasteiger partial charge in [0.05, 0.1) is 7.11 Å². The second-order valence-electron chi connectivity index (χ2n) is 5.97. The molecule has 22 heavy (non-hydrogen) atoms. The van der Waals surface area contributed by atoms with E-state index in [0.29, 0.717) is 5.92 Å². The molecular formula is C19H24N2O. The van der Waals surface area contributed by atoms with Gasteiger partial charge in [0.2, 0.25) is 0 Å². The number of hydrogen-bond donors (Lipinski definition) is 1. The highest BCUT2D eigenvalue weighted by molar-refractivity contribution is 5.64. The normalized spacial score (nSPS) is 21.5. The third-order valence-electron chi connectivity index (χ3n) is 4.73. The highest BCUT2D eigenvalue weighted by atomic mass is 16.5. The van der Waals surface area contributed by atoms with E-state index in [0.717, 1.165) is 24.8 Å². The molecule has 2 heterocycles. The molecule has 2 aromatic rings. The first-order valence-corrected chi connectivity index (χ1v) is 8.13. The van der Waals surface area contributed by atoms with Gasteiger partial charge in [-0.2, -0.15) is 0 Å². The summed E-state index contributed by atoms with van der Waals surface area (Å²) in [5.41, 5.74) is 3.65. The van der Waals surface area contributed by atoms with Gasteiger partial charge < -0.3 is 10.1 Å². The summed E-state index contributed by atoms with van der Waals surface area (Å²) in [5, 5.41) is 3.52. The topological polar surface area (TPSA) is 34.1 Å². The third kappa shape index (κ3) is 3.14. The van der Waals surface area contributed by atoms with Gasteiger partial charge in [0.15, 0.2) is 0 Å². The second kappa shape index (κ2) is 6.93. The van der Waals surface area contributed by atoms with Crippen LogP contribution >= 0.6 is 0 Å². The van der Waals surface area contributed by atoms with E-state index in [4.69, 9.17) is 4.74 Å². The lowest BCUT2D eigenvalue weighted by atomic mass is 9.82. The number of pyridine rings is 1. The van der Waals surface area contributed by atoms with Crippen LogP contribution in [0.5, 0.6) is 5.75 Å². The van der Waals surface area contributed by atoms with Crippen molar-refractivity contribution in [1.82, 2.24) is 10.3 Å². The minimum Gasteiger partial charge on any atom is -0.497 e. The largest absolute Gasteiger partial charge is 0.497 e. The van der Waals surface area contributed by atoms with Crippen molar-refractivity contribution in [3.05, 3.63) is 48.3 Å². The zero-order chi connectivity index (χ0) is 15.4. The Labute approximate surface area is 132 Å². The van der Waals surface area contributed by atoms with Crippen molar-refractivity contribution >= 4 is 0 Å². The van der Waals surface area contributed by atoms with Crippen LogP contribution in [0, 0.1) is 5.92 Å². The van der Waals surface area contributed by atoms with E-state index >= 15 is 0 Å². The Morgan fingerprint density at radius 1 is 1.18 bits per heavy atom. The van der Waals surface area contributed by atoms with Crippen molar-refractivity contribution in [2.24, 2.45) is 5.92 Å². The molecule has 1 aromatic heterocycles. The SMILES string of the molecule is CCC1CCNCC1c1cc(-c2ccc(OC)cc2)ccn1. The molecule has 1 aliphatic heterocycles. The molecule has 3 rings (SSSR count). The van der Waals surface area contributed by atoms with Gasteiger partial charge in [0, 0.05) is 24.4 Å². The predicted molar refractivity (Wildman–Crippen MR) is 90.2 cm³/mol. The number of piperidine rings is 1. The molecule has 116 valence electrons. The van der Waals surface area contributed by atoms with Gasteiger partial charge in [-0.25, -0.2) is 0 Å². The molecule has 0 spiro atoms. The number of rotatable bonds is 4. The number of methoxy groups -OCH3 is 1. The number of aromatic nitrogens is 1. The molecule has 1 aromatic carbocycles. The zero-order valence-corrected chi connectivity index (χ0v) is 13.4. The molecule has 0 radical (unpaired) electrons. The average Bonchev–Trinajstić information content (AvgIpc) is 2.62. The minimum absolute atomic E-state index is 0.525. The zero-order valence-electron chi connectivity index (χ0n) is 13.4. The first-order valence-electron chi connectivity index (χ1n) is 8.13. The van der Waals surface area contributed by atoms with E-state index in [2.05, 4.69) is 41.5 Å². The fourth-order valence-corrected chi connectivity index (χ4v) is 3.36. The molecule has 3 heteroatoms. The van der Waals surface area contributed by atoms with Crippen LogP contribution in [0.3, 0.4) is 0 Å². The maximum atomic E-state index is 5.23. The molecule has 0 aliphatic carbocycles. The molecule has 0 amide bonds. The lowest BCUT2D eigenvalue weighted by Crippen LogP contribution is -2.35. The number of hydrogen-bond acceptors (Lipinski definition) is 3. The molecule has 1 N–H and O–H groups in total. The van der Waals surface area contributed by atoms with Gasteiger partial charge in [0.1, 0.15) is 5.75 Å². The molecule has 0 saturated carbocycles. The number of benzene rings is 1. The predicted octanol–water partition coefficient (Wildman–Crippen LogP) is 3.86. The fourth-order valence-electron chi connectivity index (χ4n) is 3.36. The van der Waals surface area contributed by atoms with Crippen molar-refractivity contribution in [3.8, 4) is 16.9 Å². The van der Waals surface area contributed by atoms with Crippen LogP contribution in [0.15, 0.2) is 42.6 Å². The third-order valence-corrected chi connectivity index (χ3v) is 4.73. The summed E-state index contributed by atoms with van der Waals surface area (Å²) in [7, 11) is 1.69. The maximum Gasteiger partial charge on any atom is 0.118 e. The molecule has 1 aliphatic rings. The van der Waals surface area contributed by atoms with Crippen molar-refractivity contribution in [2.75, 3.05) is 20.2 Å². The Kier molecular flexibility index (Phi) is 4.74. The van der Waals surface area contributed by atoms with Crippen LogP contribution in [-0.4, -0.2) is 25.2 Å². The molecule has 3 nitrogen and oxygen atoms in total. The number of nitrogens with one attached hydrogen (secondary N) is 1. The van der Waals surface area contributed by atoms with Crippen LogP contribution in [0.1, 0.15) is 31.4 Å². The van der Waals surface area contributed by atoms with E-state index in [9.17, 15) is 0 Å². The molecule has 1 saturated heterocycles. The monoisotopic (exact) mass is 296 g/mol. The lowest BCUT2D eigenvalue weighted by Gasteiger charge is -2.31. The average molecular weight is 296 g/mol. The first kappa shape index (κ1) is 15.0. The first-order chi connectivity index (χ1) is 10.8. The van der Waals surface area contributed by atoms with E-state index in [1.807, 2.05) is 18.3 Å². The van der Waals surface area contributed by atoms with Crippen molar-refractivity contribution < 1.29 is 4.74 Å². The number of nitrogens with zero attached hydrogens (tertiary/aromatic N) is 1. The smallest absolute Gasteiger partial charge is 0.118 e. The summed E-state index contributed by atoms with van der Waals surface area (Å²) in [4.78, 5) is 4.66. The van der Waals surface area contributed by atoms with Gasteiger partial charge in [0.25, 0.3) is 0 Å². The van der Waals surface area contributed by atoms with Crippen LogP contribution in [0.25, 0.3) is 11.1 Å². The van der Waals surface area contributed by atoms with E-state index < -0.39 is 0 Å². The summed E-state index contributed by atoms with van der Waals surface area (Å²) < 4.78 is 5.23. The Hall–Kier alpha value is -1.87. The van der Waals surface area contributed by atoms with Gasteiger partial charge in [-0.1, -0.05) is 25.5 Å². The van der Waals surface area contributed by atoms with Crippen LogP contribution in [0.2, 0.25) is 0 Å². The van der Waals surface area contributed by atoms with Gasteiger partial charge in [-0.3, -0.25) is 4.98 Å². The molecule has 0 bridgehead atoms. The van der Waals surface area contributed by atoms with Crippen LogP contribution in [0.4, 0.5) is 0 Å². The summed E-state index contributed by atoms with van der Waals surface area (Å²) in [6.07, 6.45) is 4.41. The van der Waals surface area contributed by atoms with Gasteiger partial charge >= 0.3 is 0 Å². The van der Waals surface area contributed by atoms with E-state index in [-0.39, 0.29) is 0 Å². The molecule has 2 atom stereocenters. The highest BCUT2D eigenvalue weighted by Gasteiger charge is 2.26. The second-order valence-corrected chi connectivity index (χ2v) is 5.97. The summed E-state index contributed by atoms with van der Waals surface area (Å²) >= 11 is 0. The van der Waals surface area contributed by atoms with Crippen LogP contribution in [-0.2, 0) is 0 Å². The van der Waals surface area contributed by atoms with Crippen molar-refractivity contribution in [2.45, 2.75) is 25.7 Å². The molecule has 2 unspecified atom stereocenters. The minimum atomic E-state index is 0.525. The quantitative estimate of drug-likeness (QED) is 0.930. The van der Waals surface area contributed by atoms with Crippen molar-refractivity contribution in [3.63, 3.8) is 0 Å². The van der Waals surface area contributed by atoms with Gasteiger partial charge in [-0.15, -0.1) is 0 Å². The summed E-state index contributed by atoms with van der Waals surface area (Å²) in [5.74, 6) is 2.15. The standard InChI is InChI=1S/C19H24N2O/c1-3-14-8-10-20-13-18(14)19-12-16(9-11-21-19)15-4-6-17(22-2)7-5-15/h4-7,9,11-12,14,18,20H,3,8,10,13H2,1-2H3. The Balaban J connectivity index is 1.88. The van der Waals surface area contributed by atoms with E-state index in [1.165, 1.54) is 29.7 Å². The molecular weight excluding hydrogens is 272 g/mol. The van der Waals surface area contributed by atoms with E-state index in [1.54, 1.807) is 7.11 Å². The molecule has 1 fully saturated rings. The van der Waals surface area contributed by atoms with Crippen molar-refractivity contribution in [1.29, 1.82) is 0 Å². The maximum absolute atomic E-state index is 5.23. The lowest BCUT2D eigenvalue weighted by molar-refractivity contribution is 0.311. The number of ether oxygens (including phenoxy) is 1. The van der Waals surface area contributed by atoms with Crippen LogP contribution < -0.4 is 10.1 Å². The summed E-state index contributed by atoms with van der Waals surface area (Å²) in [6.45, 7) is 4.46. The Morgan fingerprint density at radius 3 is 2.73 bits per heavy atom. The van der Waals surface area contributed by atoms with Gasteiger partial charge in [-0.05, 0) is 54.3 Å². The fraction of sp³-hybridized carbons (Fsp3) is 0.421.